The summed E-state index contributed by atoms with van der Waals surface area (Å²) in [7, 11) is 0. The molecule has 8 heteroatoms. The highest BCUT2D eigenvalue weighted by atomic mass is 32.2. The monoisotopic (exact) mass is 287 g/mol. The lowest BCUT2D eigenvalue weighted by Gasteiger charge is -2.13. The van der Waals surface area contributed by atoms with E-state index in [9.17, 15) is 9.59 Å². The van der Waals surface area contributed by atoms with E-state index in [-0.39, 0.29) is 18.3 Å². The van der Waals surface area contributed by atoms with Crippen molar-refractivity contribution >= 4 is 23.8 Å². The summed E-state index contributed by atoms with van der Waals surface area (Å²) in [5, 5.41) is 9.28. The summed E-state index contributed by atoms with van der Waals surface area (Å²) in [5.41, 5.74) is 5.86. The number of carbonyl (C=O) groups is 2. The summed E-state index contributed by atoms with van der Waals surface area (Å²) < 4.78 is 6.54. The van der Waals surface area contributed by atoms with Crippen LogP contribution in [0, 0.1) is 0 Å². The van der Waals surface area contributed by atoms with Crippen molar-refractivity contribution in [3.63, 3.8) is 0 Å². The van der Waals surface area contributed by atoms with Gasteiger partial charge in [0.2, 0.25) is 0 Å². The van der Waals surface area contributed by atoms with Gasteiger partial charge in [-0.2, -0.15) is 0 Å². The summed E-state index contributed by atoms with van der Waals surface area (Å²) in [6, 6.07) is 0. The van der Waals surface area contributed by atoms with Crippen LogP contribution in [0.3, 0.4) is 0 Å². The highest BCUT2D eigenvalue weighted by molar-refractivity contribution is 7.99. The Morgan fingerprint density at radius 2 is 2.26 bits per heavy atom. The summed E-state index contributed by atoms with van der Waals surface area (Å²) in [6.07, 6.45) is 0.880. The molecule has 0 atom stereocenters. The van der Waals surface area contributed by atoms with Crippen LogP contribution in [-0.2, 0) is 16.1 Å². The molecule has 1 aromatic rings. The first-order valence-corrected chi connectivity index (χ1v) is 6.72. The van der Waals surface area contributed by atoms with Gasteiger partial charge in [0.05, 0.1) is 12.3 Å². The minimum Gasteiger partial charge on any atom is -0.481 e. The summed E-state index contributed by atoms with van der Waals surface area (Å²) in [4.78, 5) is 25.3. The molecule has 0 spiro atoms. The van der Waals surface area contributed by atoms with Crippen molar-refractivity contribution in [2.45, 2.75) is 31.5 Å². The molecule has 0 radical (unpaired) electrons. The molecule has 0 bridgehead atoms. The van der Waals surface area contributed by atoms with Crippen LogP contribution in [0.5, 0.6) is 0 Å². The number of carbonyl (C=O) groups excluding carboxylic acids is 1. The number of nitrogens with zero attached hydrogens (tertiary/aromatic N) is 2. The molecule has 0 unspecified atom stereocenters. The van der Waals surface area contributed by atoms with E-state index in [0.717, 1.165) is 17.5 Å². The second kappa shape index (κ2) is 7.03. The number of primary amides is 1. The maximum Gasteiger partial charge on any atom is 0.404 e. The average molecular weight is 287 g/mol. The van der Waals surface area contributed by atoms with Gasteiger partial charge in [0.25, 0.3) is 0 Å². The van der Waals surface area contributed by atoms with E-state index in [1.54, 1.807) is 6.20 Å². The van der Waals surface area contributed by atoms with Gasteiger partial charge < -0.3 is 20.1 Å². The lowest BCUT2D eigenvalue weighted by molar-refractivity contribution is -0.133. The Hall–Kier alpha value is -1.70. The third-order valence-corrected chi connectivity index (χ3v) is 3.30. The number of nitrogens with two attached hydrogens (primary N) is 1. The fourth-order valence-corrected chi connectivity index (χ4v) is 2.27. The zero-order chi connectivity index (χ0) is 14.4. The number of hydrogen-bond donors (Lipinski definition) is 2. The Labute approximate surface area is 115 Å². The molecule has 0 fully saturated rings. The van der Waals surface area contributed by atoms with E-state index in [0.29, 0.717) is 11.7 Å². The van der Waals surface area contributed by atoms with E-state index in [4.69, 9.17) is 15.6 Å². The zero-order valence-corrected chi connectivity index (χ0v) is 11.6. The molecule has 0 saturated carbocycles. The Bertz CT molecular complexity index is 459. The predicted molar refractivity (Wildman–Crippen MR) is 70.2 cm³/mol. The van der Waals surface area contributed by atoms with E-state index < -0.39 is 12.1 Å². The largest absolute Gasteiger partial charge is 0.481 e. The van der Waals surface area contributed by atoms with Gasteiger partial charge in [0.1, 0.15) is 6.61 Å². The minimum atomic E-state index is -0.904. The lowest BCUT2D eigenvalue weighted by Crippen LogP contribution is -2.18. The minimum absolute atomic E-state index is 0.0643. The molecule has 19 heavy (non-hydrogen) atoms. The summed E-state index contributed by atoms with van der Waals surface area (Å²) in [5.74, 6) is -0.732. The Morgan fingerprint density at radius 1 is 1.58 bits per heavy atom. The van der Waals surface area contributed by atoms with Crippen LogP contribution in [0.4, 0.5) is 4.79 Å². The van der Waals surface area contributed by atoms with Gasteiger partial charge in [-0.3, -0.25) is 4.79 Å². The maximum absolute atomic E-state index is 10.6. The molecule has 7 nitrogen and oxygen atoms in total. The molecule has 0 aliphatic carbocycles. The molecule has 1 heterocycles. The van der Waals surface area contributed by atoms with Gasteiger partial charge in [-0.1, -0.05) is 25.6 Å². The topological polar surface area (TPSA) is 107 Å². The molecule has 1 aromatic heterocycles. The molecule has 1 rings (SSSR count). The molecule has 1 amide bonds. The SMILES string of the molecule is CC(C)c1cnc(SCC(=O)O)n1CCOC(N)=O. The standard InChI is InChI=1S/C11H17N3O4S/c1-7(2)8-5-13-11(19-6-9(15)16)14(8)3-4-18-10(12)17/h5,7H,3-4,6H2,1-2H3,(H2,12,17)(H,15,16). The first-order valence-electron chi connectivity index (χ1n) is 5.74. The van der Waals surface area contributed by atoms with Gasteiger partial charge in [-0.15, -0.1) is 0 Å². The van der Waals surface area contributed by atoms with Crippen LogP contribution < -0.4 is 5.73 Å². The van der Waals surface area contributed by atoms with Crippen LogP contribution in [-0.4, -0.2) is 39.1 Å². The number of hydrogen-bond acceptors (Lipinski definition) is 5. The maximum atomic E-state index is 10.6. The summed E-state index contributed by atoms with van der Waals surface area (Å²) in [6.45, 7) is 4.55. The number of aliphatic carboxylic acids is 1. The lowest BCUT2D eigenvalue weighted by atomic mass is 10.1. The average Bonchev–Trinajstić information content (AvgIpc) is 2.69. The number of aromatic nitrogens is 2. The summed E-state index contributed by atoms with van der Waals surface area (Å²) >= 11 is 1.13. The van der Waals surface area contributed by atoms with Crippen LogP contribution >= 0.6 is 11.8 Å². The van der Waals surface area contributed by atoms with Crippen LogP contribution in [0.15, 0.2) is 11.4 Å². The number of carboxylic acids is 1. The molecule has 0 aromatic carbocycles. The highest BCUT2D eigenvalue weighted by Crippen LogP contribution is 2.23. The molecule has 0 aliphatic rings. The van der Waals surface area contributed by atoms with Crippen molar-refractivity contribution < 1.29 is 19.4 Å². The van der Waals surface area contributed by atoms with E-state index >= 15 is 0 Å². The molecule has 0 saturated heterocycles. The molecular weight excluding hydrogens is 270 g/mol. The van der Waals surface area contributed by atoms with Crippen molar-refractivity contribution in [1.82, 2.24) is 9.55 Å². The number of ether oxygens (including phenoxy) is 1. The molecular formula is C11H17N3O4S. The molecule has 0 aliphatic heterocycles. The fourth-order valence-electron chi connectivity index (χ4n) is 1.54. The number of rotatable bonds is 7. The van der Waals surface area contributed by atoms with Crippen molar-refractivity contribution in [3.05, 3.63) is 11.9 Å². The molecule has 3 N–H and O–H groups in total. The van der Waals surface area contributed by atoms with Crippen LogP contribution in [0.1, 0.15) is 25.5 Å². The van der Waals surface area contributed by atoms with E-state index in [1.165, 1.54) is 0 Å². The second-order valence-electron chi connectivity index (χ2n) is 4.12. The quantitative estimate of drug-likeness (QED) is 0.731. The Kier molecular flexibility index (Phi) is 5.68. The van der Waals surface area contributed by atoms with Crippen LogP contribution in [0.2, 0.25) is 0 Å². The van der Waals surface area contributed by atoms with Crippen molar-refractivity contribution in [2.24, 2.45) is 5.73 Å². The highest BCUT2D eigenvalue weighted by Gasteiger charge is 2.14. The third-order valence-electron chi connectivity index (χ3n) is 2.33. The van der Waals surface area contributed by atoms with Gasteiger partial charge in [0.15, 0.2) is 5.16 Å². The number of carboxylic acid groups (broad SMARTS) is 1. The van der Waals surface area contributed by atoms with Gasteiger partial charge >= 0.3 is 12.1 Å². The van der Waals surface area contributed by atoms with E-state index in [1.807, 2.05) is 18.4 Å². The number of amides is 1. The van der Waals surface area contributed by atoms with Gasteiger partial charge in [-0.05, 0) is 5.92 Å². The first-order chi connectivity index (χ1) is 8.91. The Balaban J connectivity index is 2.79. The fraction of sp³-hybridized carbons (Fsp3) is 0.545. The third kappa shape index (κ3) is 4.82. The van der Waals surface area contributed by atoms with Gasteiger partial charge in [0, 0.05) is 11.9 Å². The van der Waals surface area contributed by atoms with Crippen molar-refractivity contribution in [2.75, 3.05) is 12.4 Å². The van der Waals surface area contributed by atoms with Crippen molar-refractivity contribution in [1.29, 1.82) is 0 Å². The van der Waals surface area contributed by atoms with E-state index in [2.05, 4.69) is 4.98 Å². The zero-order valence-electron chi connectivity index (χ0n) is 10.8. The predicted octanol–water partition coefficient (Wildman–Crippen LogP) is 1.28. The second-order valence-corrected chi connectivity index (χ2v) is 5.06. The number of thioether (sulfide) groups is 1. The smallest absolute Gasteiger partial charge is 0.404 e. The molecule has 106 valence electrons. The first kappa shape index (κ1) is 15.4. The normalized spacial score (nSPS) is 10.7. The number of imidazole rings is 1. The van der Waals surface area contributed by atoms with Crippen LogP contribution in [0.25, 0.3) is 0 Å². The Morgan fingerprint density at radius 3 is 2.79 bits per heavy atom. The van der Waals surface area contributed by atoms with Gasteiger partial charge in [-0.25, -0.2) is 9.78 Å². The van der Waals surface area contributed by atoms with Crippen molar-refractivity contribution in [3.8, 4) is 0 Å².